The maximum absolute atomic E-state index is 3.46. The van der Waals surface area contributed by atoms with E-state index in [0.29, 0.717) is 0 Å². The van der Waals surface area contributed by atoms with Gasteiger partial charge in [0, 0.05) is 19.6 Å². The smallest absolute Gasteiger partial charge is 0.0521 e. The molecule has 0 aliphatic rings. The monoisotopic (exact) mass is 353 g/mol. The number of hydrogen-bond donors (Lipinski definition) is 0. The van der Waals surface area contributed by atoms with Gasteiger partial charge in [-0.3, -0.25) is 0 Å². The second-order valence-electron chi connectivity index (χ2n) is 2.55. The zero-order valence-corrected chi connectivity index (χ0v) is 11.0. The SMILES string of the molecule is Pn1cc(I)c2cc(Br)ccc21. The van der Waals surface area contributed by atoms with Crippen LogP contribution in [0.1, 0.15) is 0 Å². The summed E-state index contributed by atoms with van der Waals surface area (Å²) in [5, 5.41) is 1.29. The third kappa shape index (κ3) is 1.42. The third-order valence-corrected chi connectivity index (χ3v) is 3.53. The molecule has 2 aromatic rings. The van der Waals surface area contributed by atoms with E-state index < -0.39 is 0 Å². The lowest BCUT2D eigenvalue weighted by atomic mass is 10.3. The Morgan fingerprint density at radius 3 is 2.92 bits per heavy atom. The van der Waals surface area contributed by atoms with E-state index in [9.17, 15) is 0 Å². The molecule has 0 bridgehead atoms. The van der Waals surface area contributed by atoms with Crippen LogP contribution in [0.5, 0.6) is 0 Å². The minimum atomic E-state index is 1.13. The van der Waals surface area contributed by atoms with Gasteiger partial charge in [0.05, 0.1) is 5.52 Å². The standard InChI is InChI=1S/C8H6BrINP/c9-5-1-2-8-6(3-5)7(10)4-11(8)12/h1-4H,12H2. The Morgan fingerprint density at radius 2 is 2.17 bits per heavy atom. The highest BCUT2D eigenvalue weighted by Crippen LogP contribution is 2.27. The maximum atomic E-state index is 3.46. The predicted octanol–water partition coefficient (Wildman–Crippen LogP) is 3.65. The summed E-state index contributed by atoms with van der Waals surface area (Å²) >= 11 is 5.80. The molecule has 0 aliphatic carbocycles. The molecule has 0 saturated carbocycles. The van der Waals surface area contributed by atoms with E-state index in [-0.39, 0.29) is 0 Å². The number of benzene rings is 1. The summed E-state index contributed by atoms with van der Waals surface area (Å²) in [5.41, 5.74) is 1.24. The number of fused-ring (bicyclic) bond motifs is 1. The molecular weight excluding hydrogens is 348 g/mol. The molecule has 12 heavy (non-hydrogen) atoms. The van der Waals surface area contributed by atoms with E-state index in [1.165, 1.54) is 14.5 Å². The molecule has 0 aliphatic heterocycles. The molecule has 62 valence electrons. The van der Waals surface area contributed by atoms with Gasteiger partial charge >= 0.3 is 0 Å². The highest BCUT2D eigenvalue weighted by Gasteiger charge is 2.03. The average Bonchev–Trinajstić information content (AvgIpc) is 2.28. The largest absolute Gasteiger partial charge is 0.331 e. The van der Waals surface area contributed by atoms with Gasteiger partial charge in [-0.25, -0.2) is 0 Å². The van der Waals surface area contributed by atoms with Gasteiger partial charge in [0.2, 0.25) is 0 Å². The minimum absolute atomic E-state index is 1.13. The van der Waals surface area contributed by atoms with Crippen LogP contribution in [0.15, 0.2) is 28.9 Å². The van der Waals surface area contributed by atoms with E-state index >= 15 is 0 Å². The van der Waals surface area contributed by atoms with E-state index in [1.54, 1.807) is 0 Å². The quantitative estimate of drug-likeness (QED) is 0.503. The molecule has 1 unspecified atom stereocenters. The predicted molar refractivity (Wildman–Crippen MR) is 67.5 cm³/mol. The summed E-state index contributed by atoms with van der Waals surface area (Å²) < 4.78 is 4.46. The molecular formula is C8H6BrINP. The summed E-state index contributed by atoms with van der Waals surface area (Å²) in [5.74, 6) is 0. The van der Waals surface area contributed by atoms with Crippen LogP contribution in [0.3, 0.4) is 0 Å². The maximum Gasteiger partial charge on any atom is 0.0521 e. The van der Waals surface area contributed by atoms with Crippen LogP contribution in [-0.2, 0) is 0 Å². The van der Waals surface area contributed by atoms with Gasteiger partial charge in [-0.15, -0.1) is 0 Å². The van der Waals surface area contributed by atoms with Crippen LogP contribution < -0.4 is 0 Å². The van der Waals surface area contributed by atoms with Crippen LogP contribution in [0.25, 0.3) is 10.9 Å². The van der Waals surface area contributed by atoms with E-state index in [0.717, 1.165) is 4.47 Å². The normalized spacial score (nSPS) is 10.9. The Labute approximate surface area is 95.0 Å². The van der Waals surface area contributed by atoms with Crippen LogP contribution in [0.2, 0.25) is 0 Å². The van der Waals surface area contributed by atoms with Gasteiger partial charge in [0.15, 0.2) is 0 Å². The molecule has 0 N–H and O–H groups in total. The van der Waals surface area contributed by atoms with E-state index in [1.807, 2.05) is 0 Å². The fraction of sp³-hybridized carbons (Fsp3) is 0. The molecule has 1 aromatic carbocycles. The van der Waals surface area contributed by atoms with Crippen molar-refractivity contribution in [1.82, 2.24) is 4.34 Å². The lowest BCUT2D eigenvalue weighted by Gasteiger charge is -1.94. The van der Waals surface area contributed by atoms with Crippen molar-refractivity contribution < 1.29 is 0 Å². The summed E-state index contributed by atoms with van der Waals surface area (Å²) in [6.07, 6.45) is 2.10. The van der Waals surface area contributed by atoms with Crippen LogP contribution in [0.4, 0.5) is 0 Å². The van der Waals surface area contributed by atoms with Crippen LogP contribution in [0, 0.1) is 3.57 Å². The van der Waals surface area contributed by atoms with Crippen molar-refractivity contribution in [1.29, 1.82) is 0 Å². The molecule has 0 amide bonds. The second kappa shape index (κ2) is 3.28. The van der Waals surface area contributed by atoms with Gasteiger partial charge in [-0.2, -0.15) is 0 Å². The fourth-order valence-corrected chi connectivity index (χ4v) is 2.96. The summed E-state index contributed by atoms with van der Waals surface area (Å²) in [6, 6.07) is 6.30. The first kappa shape index (κ1) is 8.97. The number of hydrogen-bond acceptors (Lipinski definition) is 0. The number of aromatic nitrogens is 1. The summed E-state index contributed by atoms with van der Waals surface area (Å²) in [6.45, 7) is 0. The Morgan fingerprint density at radius 1 is 1.42 bits per heavy atom. The number of rotatable bonds is 0. The van der Waals surface area contributed by atoms with Gasteiger partial charge < -0.3 is 4.34 Å². The molecule has 1 heterocycles. The summed E-state index contributed by atoms with van der Waals surface area (Å²) in [7, 11) is 2.68. The minimum Gasteiger partial charge on any atom is -0.331 e. The Hall–Kier alpha value is 0.400. The van der Waals surface area contributed by atoms with Gasteiger partial charge in [0.25, 0.3) is 0 Å². The Kier molecular flexibility index (Phi) is 2.45. The topological polar surface area (TPSA) is 4.93 Å². The van der Waals surface area contributed by atoms with Crippen molar-refractivity contribution >= 4 is 58.8 Å². The van der Waals surface area contributed by atoms with E-state index in [2.05, 4.69) is 76.6 Å². The number of halogens is 2. The van der Waals surface area contributed by atoms with Crippen molar-refractivity contribution in [2.75, 3.05) is 0 Å². The van der Waals surface area contributed by atoms with Crippen molar-refractivity contribution in [3.05, 3.63) is 32.4 Å². The Bertz CT molecular complexity index is 438. The van der Waals surface area contributed by atoms with Crippen molar-refractivity contribution in [2.45, 2.75) is 0 Å². The van der Waals surface area contributed by atoms with Gasteiger partial charge in [0.1, 0.15) is 0 Å². The molecule has 0 radical (unpaired) electrons. The summed E-state index contributed by atoms with van der Waals surface area (Å²) in [4.78, 5) is 0. The first-order valence-corrected chi connectivity index (χ1v) is 5.78. The zero-order valence-electron chi connectivity index (χ0n) is 6.09. The average molecular weight is 354 g/mol. The zero-order chi connectivity index (χ0) is 8.72. The highest BCUT2D eigenvalue weighted by molar-refractivity contribution is 14.1. The Balaban J connectivity index is 2.90. The van der Waals surface area contributed by atoms with Crippen molar-refractivity contribution in [3.8, 4) is 0 Å². The molecule has 4 heteroatoms. The lowest BCUT2D eigenvalue weighted by molar-refractivity contribution is 1.35. The molecule has 2 rings (SSSR count). The van der Waals surface area contributed by atoms with Crippen LogP contribution in [-0.4, -0.2) is 4.34 Å². The van der Waals surface area contributed by atoms with Gasteiger partial charge in [-0.1, -0.05) is 15.9 Å². The fourth-order valence-electron chi connectivity index (χ4n) is 1.19. The molecule has 1 nitrogen and oxygen atoms in total. The van der Waals surface area contributed by atoms with Crippen LogP contribution >= 0.6 is 47.9 Å². The highest BCUT2D eigenvalue weighted by atomic mass is 127. The molecule has 0 saturated heterocycles. The second-order valence-corrected chi connectivity index (χ2v) is 5.18. The lowest BCUT2D eigenvalue weighted by Crippen LogP contribution is -1.73. The van der Waals surface area contributed by atoms with E-state index in [4.69, 9.17) is 0 Å². The van der Waals surface area contributed by atoms with Gasteiger partial charge in [-0.05, 0) is 50.2 Å². The third-order valence-electron chi connectivity index (χ3n) is 1.75. The van der Waals surface area contributed by atoms with Crippen molar-refractivity contribution in [2.24, 2.45) is 0 Å². The molecule has 0 fully saturated rings. The molecule has 1 atom stereocenters. The number of nitrogens with zero attached hydrogens (tertiary/aromatic N) is 1. The first-order chi connectivity index (χ1) is 5.68. The molecule has 0 spiro atoms. The first-order valence-electron chi connectivity index (χ1n) is 3.39. The van der Waals surface area contributed by atoms with Crippen molar-refractivity contribution in [3.63, 3.8) is 0 Å². The molecule has 1 aromatic heterocycles.